The highest BCUT2D eigenvalue weighted by Crippen LogP contribution is 2.27. The number of aryl methyl sites for hydroxylation is 2. The van der Waals surface area contributed by atoms with Gasteiger partial charge in [-0.05, 0) is 26.3 Å². The molecular formula is C23H27N5O3. The Morgan fingerprint density at radius 2 is 2.10 bits per heavy atom. The first-order valence-corrected chi connectivity index (χ1v) is 10.5. The number of aromatic nitrogens is 3. The van der Waals surface area contributed by atoms with Crippen molar-refractivity contribution >= 4 is 11.8 Å². The molecule has 8 heteroatoms. The maximum absolute atomic E-state index is 13.2. The Hall–Kier alpha value is -3.42. The minimum Gasteiger partial charge on any atom is -0.443 e. The summed E-state index contributed by atoms with van der Waals surface area (Å²) in [5, 5.41) is 0. The van der Waals surface area contributed by atoms with E-state index < -0.39 is 0 Å². The molecule has 1 aromatic carbocycles. The molecule has 1 unspecified atom stereocenters. The van der Waals surface area contributed by atoms with E-state index in [0.29, 0.717) is 37.6 Å². The number of hydrogen-bond donors (Lipinski definition) is 0. The first-order chi connectivity index (χ1) is 14.9. The second-order valence-electron chi connectivity index (χ2n) is 7.97. The van der Waals surface area contributed by atoms with E-state index in [0.717, 1.165) is 23.4 Å². The summed E-state index contributed by atoms with van der Waals surface area (Å²) in [6.45, 7) is 7.85. The Bertz CT molecular complexity index is 1090. The molecule has 162 valence electrons. The molecule has 3 heterocycles. The van der Waals surface area contributed by atoms with Crippen LogP contribution in [0.3, 0.4) is 0 Å². The number of rotatable bonds is 6. The van der Waals surface area contributed by atoms with Crippen LogP contribution in [0.5, 0.6) is 0 Å². The third kappa shape index (κ3) is 4.38. The number of oxazole rings is 1. The minimum absolute atomic E-state index is 0.0129. The minimum atomic E-state index is -0.165. The van der Waals surface area contributed by atoms with Gasteiger partial charge in [-0.1, -0.05) is 23.8 Å². The van der Waals surface area contributed by atoms with E-state index in [1.54, 1.807) is 18.0 Å². The van der Waals surface area contributed by atoms with E-state index in [9.17, 15) is 9.59 Å². The summed E-state index contributed by atoms with van der Waals surface area (Å²) in [5.41, 5.74) is 2.23. The van der Waals surface area contributed by atoms with Gasteiger partial charge in [0.05, 0.1) is 6.04 Å². The second kappa shape index (κ2) is 8.75. The highest BCUT2D eigenvalue weighted by molar-refractivity contribution is 5.97. The number of imidazole rings is 1. The number of likely N-dealkylation sites (tertiary alicyclic amines) is 1. The second-order valence-corrected chi connectivity index (χ2v) is 7.97. The first-order valence-electron chi connectivity index (χ1n) is 10.5. The van der Waals surface area contributed by atoms with Crippen LogP contribution in [0.1, 0.15) is 35.2 Å². The van der Waals surface area contributed by atoms with Gasteiger partial charge in [-0.25, -0.2) is 9.97 Å². The van der Waals surface area contributed by atoms with Crippen LogP contribution < -0.4 is 0 Å². The molecule has 1 aliphatic heterocycles. The van der Waals surface area contributed by atoms with Gasteiger partial charge in [0.15, 0.2) is 17.8 Å². The van der Waals surface area contributed by atoms with Gasteiger partial charge >= 0.3 is 0 Å². The van der Waals surface area contributed by atoms with Crippen molar-refractivity contribution in [2.75, 3.05) is 19.6 Å². The molecule has 3 aromatic rings. The van der Waals surface area contributed by atoms with E-state index in [-0.39, 0.29) is 17.9 Å². The Labute approximate surface area is 181 Å². The standard InChI is InChI=1S/C23H27N5O3/c1-16-5-4-6-19(13-16)22-21(25-15-31-22)23(30)27-9-7-20(14-27)28(18(3)29)12-11-26-10-8-24-17(26)2/h4-6,8,10,13,15,20H,7,9,11-12,14H2,1-3H3. The zero-order valence-electron chi connectivity index (χ0n) is 18.1. The molecule has 1 aliphatic rings. The predicted molar refractivity (Wildman–Crippen MR) is 115 cm³/mol. The van der Waals surface area contributed by atoms with Crippen molar-refractivity contribution in [3.8, 4) is 11.3 Å². The van der Waals surface area contributed by atoms with Crippen molar-refractivity contribution in [1.82, 2.24) is 24.3 Å². The summed E-state index contributed by atoms with van der Waals surface area (Å²) in [5.74, 6) is 1.25. The topological polar surface area (TPSA) is 84.5 Å². The van der Waals surface area contributed by atoms with Crippen molar-refractivity contribution in [3.63, 3.8) is 0 Å². The van der Waals surface area contributed by atoms with Crippen LogP contribution in [0.2, 0.25) is 0 Å². The van der Waals surface area contributed by atoms with Gasteiger partial charge in [0.2, 0.25) is 5.91 Å². The fraction of sp³-hybridized carbons (Fsp3) is 0.391. The fourth-order valence-electron chi connectivity index (χ4n) is 4.17. The van der Waals surface area contributed by atoms with Crippen LogP contribution in [0.25, 0.3) is 11.3 Å². The number of hydrogen-bond acceptors (Lipinski definition) is 5. The Morgan fingerprint density at radius 1 is 1.26 bits per heavy atom. The van der Waals surface area contributed by atoms with E-state index in [1.165, 1.54) is 6.39 Å². The van der Waals surface area contributed by atoms with Gasteiger partial charge in [0.1, 0.15) is 5.82 Å². The van der Waals surface area contributed by atoms with Gasteiger partial charge in [-0.15, -0.1) is 0 Å². The van der Waals surface area contributed by atoms with Gasteiger partial charge < -0.3 is 18.8 Å². The highest BCUT2D eigenvalue weighted by Gasteiger charge is 2.34. The molecule has 0 aliphatic carbocycles. The molecule has 1 saturated heterocycles. The van der Waals surface area contributed by atoms with Crippen molar-refractivity contribution in [2.24, 2.45) is 0 Å². The number of benzene rings is 1. The first kappa shape index (κ1) is 20.8. The Balaban J connectivity index is 1.45. The highest BCUT2D eigenvalue weighted by atomic mass is 16.3. The van der Waals surface area contributed by atoms with E-state index >= 15 is 0 Å². The molecule has 1 fully saturated rings. The largest absolute Gasteiger partial charge is 0.443 e. The number of carbonyl (C=O) groups excluding carboxylic acids is 2. The zero-order chi connectivity index (χ0) is 22.0. The summed E-state index contributed by atoms with van der Waals surface area (Å²) >= 11 is 0. The molecule has 2 amide bonds. The summed E-state index contributed by atoms with van der Waals surface area (Å²) in [6, 6.07) is 7.79. The van der Waals surface area contributed by atoms with Crippen LogP contribution >= 0.6 is 0 Å². The lowest BCUT2D eigenvalue weighted by molar-refractivity contribution is -0.131. The van der Waals surface area contributed by atoms with Gasteiger partial charge in [-0.3, -0.25) is 9.59 Å². The molecule has 2 aromatic heterocycles. The normalized spacial score (nSPS) is 16.0. The summed E-state index contributed by atoms with van der Waals surface area (Å²) < 4.78 is 7.58. The third-order valence-electron chi connectivity index (χ3n) is 5.85. The third-order valence-corrected chi connectivity index (χ3v) is 5.85. The fourth-order valence-corrected chi connectivity index (χ4v) is 4.17. The Morgan fingerprint density at radius 3 is 2.81 bits per heavy atom. The Kier molecular flexibility index (Phi) is 5.88. The SMILES string of the molecule is CC(=O)N(CCn1ccnc1C)C1CCN(C(=O)c2ncoc2-c2cccc(C)c2)C1. The average molecular weight is 422 g/mol. The average Bonchev–Trinajstić information content (AvgIpc) is 3.49. The van der Waals surface area contributed by atoms with Crippen LogP contribution in [0.15, 0.2) is 47.5 Å². The molecule has 0 N–H and O–H groups in total. The van der Waals surface area contributed by atoms with Crippen molar-refractivity contribution in [3.05, 3.63) is 60.1 Å². The maximum Gasteiger partial charge on any atom is 0.276 e. The van der Waals surface area contributed by atoms with Crippen molar-refractivity contribution in [2.45, 2.75) is 39.8 Å². The molecule has 8 nitrogen and oxygen atoms in total. The zero-order valence-corrected chi connectivity index (χ0v) is 18.1. The molecule has 0 bridgehead atoms. The molecule has 0 saturated carbocycles. The molecule has 0 radical (unpaired) electrons. The molecular weight excluding hydrogens is 394 g/mol. The van der Waals surface area contributed by atoms with Gasteiger partial charge in [0.25, 0.3) is 5.91 Å². The van der Waals surface area contributed by atoms with E-state index in [2.05, 4.69) is 9.97 Å². The lowest BCUT2D eigenvalue weighted by Gasteiger charge is -2.28. The van der Waals surface area contributed by atoms with Crippen molar-refractivity contribution in [1.29, 1.82) is 0 Å². The quantitative estimate of drug-likeness (QED) is 0.611. The van der Waals surface area contributed by atoms with Crippen molar-refractivity contribution < 1.29 is 14.0 Å². The van der Waals surface area contributed by atoms with E-state index in [1.807, 2.05) is 53.8 Å². The molecule has 0 spiro atoms. The van der Waals surface area contributed by atoms with Gasteiger partial charge in [-0.2, -0.15) is 0 Å². The lowest BCUT2D eigenvalue weighted by Crippen LogP contribution is -2.43. The van der Waals surface area contributed by atoms with E-state index in [4.69, 9.17) is 4.42 Å². The number of nitrogens with zero attached hydrogens (tertiary/aromatic N) is 5. The number of amides is 2. The molecule has 31 heavy (non-hydrogen) atoms. The van der Waals surface area contributed by atoms with Gasteiger partial charge in [0, 0.05) is 51.1 Å². The summed E-state index contributed by atoms with van der Waals surface area (Å²) in [7, 11) is 0. The summed E-state index contributed by atoms with van der Waals surface area (Å²) in [6.07, 6.45) is 5.72. The summed E-state index contributed by atoms with van der Waals surface area (Å²) in [4.78, 5) is 37.6. The maximum atomic E-state index is 13.2. The smallest absolute Gasteiger partial charge is 0.276 e. The van der Waals surface area contributed by atoms with Crippen LogP contribution in [0, 0.1) is 13.8 Å². The predicted octanol–water partition coefficient (Wildman–Crippen LogP) is 2.92. The van der Waals surface area contributed by atoms with Crippen LogP contribution in [-0.4, -0.2) is 61.8 Å². The number of carbonyl (C=O) groups is 2. The van der Waals surface area contributed by atoms with Crippen LogP contribution in [0.4, 0.5) is 0 Å². The monoisotopic (exact) mass is 421 g/mol. The lowest BCUT2D eigenvalue weighted by atomic mass is 10.1. The molecule has 4 rings (SSSR count). The van der Waals surface area contributed by atoms with Crippen LogP contribution in [-0.2, 0) is 11.3 Å². The molecule has 1 atom stereocenters.